The van der Waals surface area contributed by atoms with Crippen molar-refractivity contribution in [3.05, 3.63) is 82.4 Å². The Kier molecular flexibility index (Phi) is 7.02. The summed E-state index contributed by atoms with van der Waals surface area (Å²) in [6, 6.07) is 12.8. The second-order valence-corrected chi connectivity index (χ2v) is 10.2. The zero-order chi connectivity index (χ0) is 25.3. The molecule has 4 rings (SSSR count). The molecule has 3 aromatic rings. The predicted molar refractivity (Wildman–Crippen MR) is 132 cm³/mol. The second-order valence-electron chi connectivity index (χ2n) is 7.96. The van der Waals surface area contributed by atoms with Gasteiger partial charge in [0.05, 0.1) is 29.3 Å². The molecule has 3 aromatic carbocycles. The maximum absolute atomic E-state index is 14.4. The lowest BCUT2D eigenvalue weighted by Gasteiger charge is -2.35. The largest absolute Gasteiger partial charge is 0.494 e. The number of hydrogen-bond donors (Lipinski definition) is 1. The van der Waals surface area contributed by atoms with Crippen molar-refractivity contribution in [1.29, 1.82) is 0 Å². The van der Waals surface area contributed by atoms with Gasteiger partial charge in [-0.05, 0) is 60.5 Å². The molecule has 1 aliphatic rings. The maximum Gasteiger partial charge on any atom is 0.264 e. The van der Waals surface area contributed by atoms with E-state index in [-0.39, 0.29) is 40.0 Å². The van der Waals surface area contributed by atoms with Gasteiger partial charge in [-0.15, -0.1) is 0 Å². The van der Waals surface area contributed by atoms with Gasteiger partial charge in [-0.25, -0.2) is 17.2 Å². The highest BCUT2D eigenvalue weighted by atomic mass is 35.5. The number of nitrogens with zero attached hydrogens (tertiary/aromatic N) is 1. The predicted octanol–water partition coefficient (Wildman–Crippen LogP) is 5.10. The molecule has 0 saturated heterocycles. The van der Waals surface area contributed by atoms with E-state index in [0.717, 1.165) is 10.4 Å². The lowest BCUT2D eigenvalue weighted by molar-refractivity contribution is 0.208. The lowest BCUT2D eigenvalue weighted by atomic mass is 10.0. The van der Waals surface area contributed by atoms with E-state index in [0.29, 0.717) is 16.9 Å². The zero-order valence-electron chi connectivity index (χ0n) is 19.0. The fourth-order valence-corrected chi connectivity index (χ4v) is 5.72. The molecule has 2 N–H and O–H groups in total. The Labute approximate surface area is 207 Å². The molecule has 0 spiro atoms. The molecule has 1 heterocycles. The van der Waals surface area contributed by atoms with E-state index in [1.54, 1.807) is 37.3 Å². The van der Waals surface area contributed by atoms with Gasteiger partial charge < -0.3 is 15.2 Å². The molecule has 0 amide bonds. The Bertz CT molecular complexity index is 1390. The fraction of sp³-hybridized carbons (Fsp3) is 0.200. The first-order valence-corrected chi connectivity index (χ1v) is 12.5. The van der Waals surface area contributed by atoms with Crippen LogP contribution in [0.5, 0.6) is 11.5 Å². The van der Waals surface area contributed by atoms with Crippen molar-refractivity contribution in [2.24, 2.45) is 5.73 Å². The molecule has 0 saturated carbocycles. The molecule has 0 bridgehead atoms. The van der Waals surface area contributed by atoms with Crippen molar-refractivity contribution in [3.63, 3.8) is 0 Å². The number of fused-ring (bicyclic) bond motifs is 1. The first kappa shape index (κ1) is 25.0. The molecule has 184 valence electrons. The molecule has 0 fully saturated rings. The number of sulfonamides is 1. The molecular formula is C25H23ClF2N2O4S. The third kappa shape index (κ3) is 4.84. The molecule has 0 aliphatic carbocycles. The Morgan fingerprint density at radius 2 is 1.97 bits per heavy atom. The van der Waals surface area contributed by atoms with Gasteiger partial charge in [0.1, 0.15) is 17.7 Å². The summed E-state index contributed by atoms with van der Waals surface area (Å²) in [6.45, 7) is 1.72. The second kappa shape index (κ2) is 9.85. The number of halogens is 3. The van der Waals surface area contributed by atoms with Crippen molar-refractivity contribution in [3.8, 4) is 11.5 Å². The monoisotopic (exact) mass is 520 g/mol. The van der Waals surface area contributed by atoms with E-state index in [4.69, 9.17) is 26.8 Å². The topological polar surface area (TPSA) is 81.9 Å². The fourth-order valence-electron chi connectivity index (χ4n) is 3.90. The van der Waals surface area contributed by atoms with Crippen LogP contribution >= 0.6 is 11.6 Å². The summed E-state index contributed by atoms with van der Waals surface area (Å²) < 4.78 is 67.7. The van der Waals surface area contributed by atoms with Crippen molar-refractivity contribution in [2.75, 3.05) is 24.5 Å². The number of hydrogen-bond acceptors (Lipinski definition) is 5. The van der Waals surface area contributed by atoms with Gasteiger partial charge >= 0.3 is 0 Å². The van der Waals surface area contributed by atoms with Crippen molar-refractivity contribution in [1.82, 2.24) is 0 Å². The summed E-state index contributed by atoms with van der Waals surface area (Å²) in [5, 5.41) is 0.261. The Morgan fingerprint density at radius 1 is 1.20 bits per heavy atom. The van der Waals surface area contributed by atoms with Gasteiger partial charge in [0.15, 0.2) is 11.6 Å². The van der Waals surface area contributed by atoms with Gasteiger partial charge in [-0.3, -0.25) is 4.31 Å². The van der Waals surface area contributed by atoms with Crippen LogP contribution in [-0.4, -0.2) is 34.7 Å². The number of nitrogens with two attached hydrogens (primary N) is 1. The lowest BCUT2D eigenvalue weighted by Crippen LogP contribution is -2.46. The summed E-state index contributed by atoms with van der Waals surface area (Å²) in [4.78, 5) is -0.241. The van der Waals surface area contributed by atoms with E-state index in [1.165, 1.54) is 31.4 Å². The highest BCUT2D eigenvalue weighted by Crippen LogP contribution is 2.39. The minimum absolute atomic E-state index is 0.0647. The SMILES string of the molecule is COc1ccc(S(=O)(=O)N2C[C@H](CN)Oc3ccc(/C=C(\C)c4c(F)cccc4Cl)cc32)cc1F. The highest BCUT2D eigenvalue weighted by Gasteiger charge is 2.34. The van der Waals surface area contributed by atoms with Crippen LogP contribution in [0.3, 0.4) is 0 Å². The first-order chi connectivity index (χ1) is 16.6. The third-order valence-electron chi connectivity index (χ3n) is 5.63. The molecule has 1 atom stereocenters. The molecule has 35 heavy (non-hydrogen) atoms. The van der Waals surface area contributed by atoms with Gasteiger partial charge in [0.25, 0.3) is 10.0 Å². The van der Waals surface area contributed by atoms with Gasteiger partial charge in [-0.2, -0.15) is 0 Å². The van der Waals surface area contributed by atoms with E-state index in [1.807, 2.05) is 0 Å². The van der Waals surface area contributed by atoms with Crippen LogP contribution in [0.15, 0.2) is 59.5 Å². The first-order valence-electron chi connectivity index (χ1n) is 10.7. The van der Waals surface area contributed by atoms with Crippen LogP contribution < -0.4 is 19.5 Å². The minimum Gasteiger partial charge on any atom is -0.494 e. The van der Waals surface area contributed by atoms with Crippen LogP contribution in [0.25, 0.3) is 11.6 Å². The van der Waals surface area contributed by atoms with Crippen molar-refractivity contribution < 1.29 is 26.7 Å². The molecule has 10 heteroatoms. The van der Waals surface area contributed by atoms with Gasteiger partial charge in [0, 0.05) is 12.1 Å². The summed E-state index contributed by atoms with van der Waals surface area (Å²) >= 11 is 6.18. The smallest absolute Gasteiger partial charge is 0.264 e. The molecule has 6 nitrogen and oxygen atoms in total. The number of methoxy groups -OCH3 is 1. The number of anilines is 1. The van der Waals surface area contributed by atoms with Crippen molar-refractivity contribution in [2.45, 2.75) is 17.9 Å². The number of benzene rings is 3. The van der Waals surface area contributed by atoms with Crippen molar-refractivity contribution >= 4 is 39.0 Å². The standard InChI is InChI=1S/C25H23ClF2N2O4S/c1-15(25-19(26)4-3-5-20(25)27)10-16-6-8-24-22(11-16)30(14-17(13-29)34-24)35(31,32)18-7-9-23(33-2)21(28)12-18/h3-12,17H,13-14,29H2,1-2H3/b15-10+/t17-/m0/s1. The molecule has 0 aromatic heterocycles. The Morgan fingerprint density at radius 3 is 2.63 bits per heavy atom. The van der Waals surface area contributed by atoms with Crippen LogP contribution in [0.4, 0.5) is 14.5 Å². The third-order valence-corrected chi connectivity index (χ3v) is 7.72. The van der Waals surface area contributed by atoms with E-state index >= 15 is 0 Å². The minimum atomic E-state index is -4.18. The molecule has 1 aliphatic heterocycles. The normalized spacial score (nSPS) is 16.0. The number of rotatable bonds is 6. The van der Waals surface area contributed by atoms with Gasteiger partial charge in [-0.1, -0.05) is 29.8 Å². The van der Waals surface area contributed by atoms with Crippen LogP contribution in [0.2, 0.25) is 5.02 Å². The van der Waals surface area contributed by atoms with Crippen LogP contribution in [0, 0.1) is 11.6 Å². The number of ether oxygens (including phenoxy) is 2. The molecule has 0 unspecified atom stereocenters. The summed E-state index contributed by atoms with van der Waals surface area (Å²) in [5.41, 5.74) is 7.43. The van der Waals surface area contributed by atoms with E-state index in [9.17, 15) is 17.2 Å². The van der Waals surface area contributed by atoms with Crippen LogP contribution in [-0.2, 0) is 10.0 Å². The van der Waals surface area contributed by atoms with Gasteiger partial charge in [0.2, 0.25) is 0 Å². The zero-order valence-corrected chi connectivity index (χ0v) is 20.5. The number of allylic oxidation sites excluding steroid dienone is 1. The highest BCUT2D eigenvalue weighted by molar-refractivity contribution is 7.92. The summed E-state index contributed by atoms with van der Waals surface area (Å²) in [5.74, 6) is -1.03. The van der Waals surface area contributed by atoms with E-state index < -0.39 is 27.8 Å². The average molecular weight is 521 g/mol. The quantitative estimate of drug-likeness (QED) is 0.457. The Balaban J connectivity index is 1.79. The van der Waals surface area contributed by atoms with Crippen LogP contribution in [0.1, 0.15) is 18.1 Å². The Hall–Kier alpha value is -3.14. The summed E-state index contributed by atoms with van der Waals surface area (Å²) in [7, 11) is -2.88. The average Bonchev–Trinajstić information content (AvgIpc) is 2.83. The molecule has 0 radical (unpaired) electrons. The maximum atomic E-state index is 14.4. The molecular weight excluding hydrogens is 498 g/mol. The van der Waals surface area contributed by atoms with E-state index in [2.05, 4.69) is 0 Å². The summed E-state index contributed by atoms with van der Waals surface area (Å²) in [6.07, 6.45) is 1.10.